The lowest BCUT2D eigenvalue weighted by molar-refractivity contribution is -0.136. The molecule has 1 saturated heterocycles. The number of piperidine rings is 1. The van der Waals surface area contributed by atoms with E-state index in [0.29, 0.717) is 42.2 Å². The van der Waals surface area contributed by atoms with Crippen LogP contribution in [0.2, 0.25) is 5.02 Å². The van der Waals surface area contributed by atoms with Crippen molar-refractivity contribution in [3.8, 4) is 0 Å². The monoisotopic (exact) mass is 505 g/mol. The van der Waals surface area contributed by atoms with Crippen LogP contribution in [0.1, 0.15) is 35.0 Å². The molecule has 1 aromatic carbocycles. The van der Waals surface area contributed by atoms with Gasteiger partial charge in [-0.25, -0.2) is 0 Å². The van der Waals surface area contributed by atoms with Crippen LogP contribution in [0.25, 0.3) is 0 Å². The topological polar surface area (TPSA) is 121 Å². The first kappa shape index (κ1) is 25.7. The van der Waals surface area contributed by atoms with Crippen molar-refractivity contribution in [1.82, 2.24) is 21.3 Å². The number of amides is 3. The molecular weight excluding hydrogens is 478 g/mol. The summed E-state index contributed by atoms with van der Waals surface area (Å²) in [7, 11) is 0. The predicted molar refractivity (Wildman–Crippen MR) is 132 cm³/mol. The Kier molecular flexibility index (Phi) is 9.43. The highest BCUT2D eigenvalue weighted by Crippen LogP contribution is 2.19. The minimum atomic E-state index is -1.04. The number of oxime groups is 1. The zero-order valence-electron chi connectivity index (χ0n) is 18.9. The summed E-state index contributed by atoms with van der Waals surface area (Å²) in [5.74, 6) is -0.969. The van der Waals surface area contributed by atoms with Gasteiger partial charge in [0.1, 0.15) is 5.54 Å². The van der Waals surface area contributed by atoms with Gasteiger partial charge in [-0.1, -0.05) is 22.8 Å². The van der Waals surface area contributed by atoms with E-state index in [0.717, 1.165) is 4.88 Å². The van der Waals surface area contributed by atoms with Crippen LogP contribution in [-0.2, 0) is 14.4 Å². The average molecular weight is 506 g/mol. The van der Waals surface area contributed by atoms with E-state index in [1.807, 2.05) is 17.5 Å². The Labute approximate surface area is 207 Å². The molecule has 2 heterocycles. The van der Waals surface area contributed by atoms with Crippen molar-refractivity contribution < 1.29 is 19.2 Å². The second-order valence-electron chi connectivity index (χ2n) is 7.83. The summed E-state index contributed by atoms with van der Waals surface area (Å²) in [6.07, 6.45) is 0.887. The molecule has 2 aromatic rings. The van der Waals surface area contributed by atoms with Gasteiger partial charge in [-0.05, 0) is 68.6 Å². The van der Waals surface area contributed by atoms with E-state index in [1.54, 1.807) is 31.2 Å². The van der Waals surface area contributed by atoms with Gasteiger partial charge in [0.2, 0.25) is 5.91 Å². The number of hydrogen-bond donors (Lipinski definition) is 4. The van der Waals surface area contributed by atoms with E-state index >= 15 is 0 Å². The van der Waals surface area contributed by atoms with Gasteiger partial charge in [-0.3, -0.25) is 14.4 Å². The van der Waals surface area contributed by atoms with Crippen LogP contribution < -0.4 is 21.3 Å². The number of halogens is 1. The smallest absolute Gasteiger partial charge is 0.261 e. The molecule has 9 nitrogen and oxygen atoms in total. The third-order valence-electron chi connectivity index (χ3n) is 5.35. The normalized spacial score (nSPS) is 15.3. The Morgan fingerprint density at radius 2 is 1.82 bits per heavy atom. The first-order valence-electron chi connectivity index (χ1n) is 10.9. The summed E-state index contributed by atoms with van der Waals surface area (Å²) in [5, 5.41) is 18.1. The molecule has 0 atom stereocenters. The molecule has 0 unspecified atom stereocenters. The Hall–Kier alpha value is -2.95. The molecule has 0 aliphatic carbocycles. The summed E-state index contributed by atoms with van der Waals surface area (Å²) in [5.41, 5.74) is 0.117. The number of thiophene rings is 1. The lowest BCUT2D eigenvalue weighted by atomic mass is 9.87. The number of rotatable bonds is 10. The molecule has 1 aliphatic rings. The molecule has 182 valence electrons. The molecule has 11 heteroatoms. The van der Waals surface area contributed by atoms with E-state index < -0.39 is 11.4 Å². The fourth-order valence-corrected chi connectivity index (χ4v) is 4.30. The first-order chi connectivity index (χ1) is 16.4. The van der Waals surface area contributed by atoms with Crippen molar-refractivity contribution in [2.75, 3.05) is 32.8 Å². The van der Waals surface area contributed by atoms with Crippen molar-refractivity contribution in [3.05, 3.63) is 57.2 Å². The summed E-state index contributed by atoms with van der Waals surface area (Å²) in [6.45, 7) is 3.17. The van der Waals surface area contributed by atoms with Gasteiger partial charge in [0.15, 0.2) is 6.61 Å². The van der Waals surface area contributed by atoms with Crippen molar-refractivity contribution in [1.29, 1.82) is 0 Å². The molecular formula is C23H28ClN5O4S. The van der Waals surface area contributed by atoms with E-state index in [9.17, 15) is 14.4 Å². The number of carbonyl (C=O) groups excluding carboxylic acids is 3. The maximum absolute atomic E-state index is 13.0. The molecule has 3 amide bonds. The van der Waals surface area contributed by atoms with Gasteiger partial charge in [0, 0.05) is 23.7 Å². The highest BCUT2D eigenvalue weighted by atomic mass is 35.5. The largest absolute Gasteiger partial charge is 0.385 e. The minimum Gasteiger partial charge on any atom is -0.385 e. The number of hydrogen-bond acceptors (Lipinski definition) is 7. The molecule has 1 fully saturated rings. The maximum Gasteiger partial charge on any atom is 0.261 e. The van der Waals surface area contributed by atoms with Gasteiger partial charge < -0.3 is 26.1 Å². The van der Waals surface area contributed by atoms with E-state index in [1.165, 1.54) is 11.3 Å². The molecule has 0 saturated carbocycles. The van der Waals surface area contributed by atoms with Gasteiger partial charge >= 0.3 is 0 Å². The van der Waals surface area contributed by atoms with Crippen LogP contribution in [0.3, 0.4) is 0 Å². The fourth-order valence-electron chi connectivity index (χ4n) is 3.51. The molecule has 4 N–H and O–H groups in total. The Morgan fingerprint density at radius 1 is 1.12 bits per heavy atom. The van der Waals surface area contributed by atoms with Crippen LogP contribution in [0.5, 0.6) is 0 Å². The van der Waals surface area contributed by atoms with Crippen molar-refractivity contribution in [2.24, 2.45) is 5.16 Å². The molecule has 0 bridgehead atoms. The van der Waals surface area contributed by atoms with E-state index in [-0.39, 0.29) is 31.5 Å². The Bertz CT molecular complexity index is 1000. The molecule has 0 radical (unpaired) electrons. The SMILES string of the molecule is C/C(=N/OCC(=O)NC1(C(=O)NCCNC(=O)c2ccc(Cl)cc2)CCNCC1)c1cccs1. The van der Waals surface area contributed by atoms with E-state index in [4.69, 9.17) is 16.4 Å². The molecule has 1 aliphatic heterocycles. The summed E-state index contributed by atoms with van der Waals surface area (Å²) in [6, 6.07) is 10.4. The summed E-state index contributed by atoms with van der Waals surface area (Å²) >= 11 is 7.37. The Balaban J connectivity index is 1.47. The van der Waals surface area contributed by atoms with Crippen LogP contribution in [-0.4, -0.2) is 61.8 Å². The van der Waals surface area contributed by atoms with Crippen LogP contribution in [0.15, 0.2) is 46.9 Å². The van der Waals surface area contributed by atoms with Gasteiger partial charge in [-0.15, -0.1) is 11.3 Å². The molecule has 1 aromatic heterocycles. The summed E-state index contributed by atoms with van der Waals surface area (Å²) < 4.78 is 0. The van der Waals surface area contributed by atoms with Crippen molar-refractivity contribution in [2.45, 2.75) is 25.3 Å². The van der Waals surface area contributed by atoms with Crippen LogP contribution >= 0.6 is 22.9 Å². The van der Waals surface area contributed by atoms with E-state index in [2.05, 4.69) is 26.4 Å². The Morgan fingerprint density at radius 3 is 2.50 bits per heavy atom. The molecule has 34 heavy (non-hydrogen) atoms. The number of nitrogens with one attached hydrogen (secondary N) is 4. The zero-order chi connectivity index (χ0) is 24.4. The van der Waals surface area contributed by atoms with Gasteiger partial charge in [0.05, 0.1) is 10.6 Å². The highest BCUT2D eigenvalue weighted by molar-refractivity contribution is 7.12. The maximum atomic E-state index is 13.0. The fraction of sp³-hybridized carbons (Fsp3) is 0.391. The minimum absolute atomic E-state index is 0.226. The number of benzene rings is 1. The highest BCUT2D eigenvalue weighted by Gasteiger charge is 2.40. The lowest BCUT2D eigenvalue weighted by Gasteiger charge is -2.36. The quantitative estimate of drug-likeness (QED) is 0.223. The number of nitrogens with zero attached hydrogens (tertiary/aromatic N) is 1. The predicted octanol–water partition coefficient (Wildman–Crippen LogP) is 1.93. The number of carbonyl (C=O) groups is 3. The third-order valence-corrected chi connectivity index (χ3v) is 6.58. The standard InChI is InChI=1S/C23H28ClN5O4S/c1-16(19-3-2-14-34-19)29-33-15-20(30)28-23(8-10-25-11-9-23)22(32)27-13-12-26-21(31)17-4-6-18(24)7-5-17/h2-7,14,25H,8-13,15H2,1H3,(H,26,31)(H,27,32)(H,28,30)/b29-16-. The molecule has 3 rings (SSSR count). The second-order valence-corrected chi connectivity index (χ2v) is 9.21. The lowest BCUT2D eigenvalue weighted by Crippen LogP contribution is -2.63. The van der Waals surface area contributed by atoms with Crippen molar-refractivity contribution in [3.63, 3.8) is 0 Å². The van der Waals surface area contributed by atoms with Gasteiger partial charge in [0.25, 0.3) is 11.8 Å². The van der Waals surface area contributed by atoms with Crippen LogP contribution in [0, 0.1) is 0 Å². The second kappa shape index (κ2) is 12.5. The summed E-state index contributed by atoms with van der Waals surface area (Å²) in [4.78, 5) is 43.9. The third kappa shape index (κ3) is 7.28. The zero-order valence-corrected chi connectivity index (χ0v) is 20.4. The van der Waals surface area contributed by atoms with Crippen molar-refractivity contribution >= 4 is 46.4 Å². The molecule has 0 spiro atoms. The first-order valence-corrected chi connectivity index (χ1v) is 12.2. The van der Waals surface area contributed by atoms with Gasteiger partial charge in [-0.2, -0.15) is 0 Å². The van der Waals surface area contributed by atoms with Crippen LogP contribution in [0.4, 0.5) is 0 Å². The average Bonchev–Trinajstić information content (AvgIpc) is 3.38.